The van der Waals surface area contributed by atoms with Crippen molar-refractivity contribution in [1.82, 2.24) is 29.7 Å². The smallest absolute Gasteiger partial charge is 0.153 e. The van der Waals surface area contributed by atoms with Gasteiger partial charge in [-0.3, -0.25) is 4.90 Å². The normalized spacial score (nSPS) is 18.0. The molecule has 3 aromatic heterocycles. The van der Waals surface area contributed by atoms with Crippen LogP contribution in [0.5, 0.6) is 5.75 Å². The zero-order valence-electron chi connectivity index (χ0n) is 18.6. The van der Waals surface area contributed by atoms with Gasteiger partial charge in [-0.05, 0) is 50.1 Å². The molecule has 1 N–H and O–H groups in total. The van der Waals surface area contributed by atoms with Crippen molar-refractivity contribution in [1.29, 1.82) is 0 Å². The van der Waals surface area contributed by atoms with Crippen LogP contribution >= 0.6 is 0 Å². The first-order valence-electron chi connectivity index (χ1n) is 11.5. The number of fused-ring (bicyclic) bond motifs is 1. The van der Waals surface area contributed by atoms with Gasteiger partial charge in [0.1, 0.15) is 5.75 Å². The Balaban J connectivity index is 1.26. The summed E-state index contributed by atoms with van der Waals surface area (Å²) in [5.74, 6) is 0.569. The second-order valence-corrected chi connectivity index (χ2v) is 8.94. The highest BCUT2D eigenvalue weighted by molar-refractivity contribution is 5.84. The fourth-order valence-corrected chi connectivity index (χ4v) is 4.91. The standard InChI is InChI=1S/C25H26N6O2/c1-16-13-31-24(26-16)8-7-21(29-31)19-3-2-4-23(32)25(19)22-6-5-20(27-28-22)17-14-30(15-17)18-9-11-33-12-10-18/h2-8,13,17-18,32H,9-12,14-15H2,1H3. The van der Waals surface area contributed by atoms with Gasteiger partial charge in [-0.25, -0.2) is 9.50 Å². The average molecular weight is 443 g/mol. The number of nitrogens with zero attached hydrogens (tertiary/aromatic N) is 6. The Morgan fingerprint density at radius 1 is 0.970 bits per heavy atom. The van der Waals surface area contributed by atoms with Crippen molar-refractivity contribution in [3.63, 3.8) is 0 Å². The number of benzene rings is 1. The Hall–Kier alpha value is -3.36. The Labute approximate surface area is 191 Å². The summed E-state index contributed by atoms with van der Waals surface area (Å²) in [7, 11) is 0. The summed E-state index contributed by atoms with van der Waals surface area (Å²) >= 11 is 0. The molecule has 8 heteroatoms. The number of aryl methyl sites for hydroxylation is 1. The minimum absolute atomic E-state index is 0.160. The second-order valence-electron chi connectivity index (χ2n) is 8.94. The Bertz CT molecular complexity index is 1290. The van der Waals surface area contributed by atoms with Gasteiger partial charge >= 0.3 is 0 Å². The molecule has 4 aromatic rings. The predicted molar refractivity (Wildman–Crippen MR) is 124 cm³/mol. The number of aromatic nitrogens is 5. The molecular formula is C25H26N6O2. The third-order valence-corrected chi connectivity index (χ3v) is 6.74. The van der Waals surface area contributed by atoms with Crippen LogP contribution in [0.3, 0.4) is 0 Å². The van der Waals surface area contributed by atoms with E-state index >= 15 is 0 Å². The third kappa shape index (κ3) is 3.75. The quantitative estimate of drug-likeness (QED) is 0.518. The molecule has 2 aliphatic heterocycles. The van der Waals surface area contributed by atoms with Gasteiger partial charge < -0.3 is 9.84 Å². The lowest BCUT2D eigenvalue weighted by Gasteiger charge is -2.45. The van der Waals surface area contributed by atoms with Gasteiger partial charge in [-0.15, -0.1) is 0 Å². The van der Waals surface area contributed by atoms with Crippen LogP contribution < -0.4 is 0 Å². The summed E-state index contributed by atoms with van der Waals surface area (Å²) in [6.45, 7) is 5.72. The molecule has 0 unspecified atom stereocenters. The maximum atomic E-state index is 10.7. The van der Waals surface area contributed by atoms with Gasteiger partial charge in [-0.2, -0.15) is 15.3 Å². The monoisotopic (exact) mass is 442 g/mol. The molecule has 0 radical (unpaired) electrons. The molecule has 0 atom stereocenters. The van der Waals surface area contributed by atoms with E-state index in [-0.39, 0.29) is 5.75 Å². The fraction of sp³-hybridized carbons (Fsp3) is 0.360. The SMILES string of the molecule is Cc1cn2nc(-c3cccc(O)c3-c3ccc(C4CN(C5CCOCC5)C4)nn3)ccc2n1. The highest BCUT2D eigenvalue weighted by Gasteiger charge is 2.35. The van der Waals surface area contributed by atoms with Gasteiger partial charge in [-0.1, -0.05) is 12.1 Å². The van der Waals surface area contributed by atoms with E-state index < -0.39 is 0 Å². The first-order chi connectivity index (χ1) is 16.2. The summed E-state index contributed by atoms with van der Waals surface area (Å²) < 4.78 is 7.24. The molecule has 1 aromatic carbocycles. The lowest BCUT2D eigenvalue weighted by molar-refractivity contribution is 0.000892. The molecule has 2 fully saturated rings. The molecule has 0 aliphatic carbocycles. The molecule has 0 bridgehead atoms. The van der Waals surface area contributed by atoms with Crippen molar-refractivity contribution in [3.8, 4) is 28.3 Å². The maximum absolute atomic E-state index is 10.7. The molecule has 2 aliphatic rings. The summed E-state index contributed by atoms with van der Waals surface area (Å²) in [6.07, 6.45) is 4.12. The molecule has 168 valence electrons. The van der Waals surface area contributed by atoms with E-state index in [2.05, 4.69) is 20.1 Å². The van der Waals surface area contributed by atoms with Crippen molar-refractivity contribution in [2.75, 3.05) is 26.3 Å². The highest BCUT2D eigenvalue weighted by Crippen LogP contribution is 2.37. The van der Waals surface area contributed by atoms with Crippen LogP contribution in [-0.4, -0.2) is 67.1 Å². The molecular weight excluding hydrogens is 416 g/mol. The number of phenolic OH excluding ortho intramolecular Hbond substituents is 1. The van der Waals surface area contributed by atoms with Gasteiger partial charge in [0.05, 0.1) is 34.5 Å². The van der Waals surface area contributed by atoms with Gasteiger partial charge in [0.15, 0.2) is 5.65 Å². The summed E-state index contributed by atoms with van der Waals surface area (Å²) in [6, 6.07) is 13.9. The molecule has 0 saturated carbocycles. The number of rotatable bonds is 4. The zero-order valence-corrected chi connectivity index (χ0v) is 18.6. The van der Waals surface area contributed by atoms with Crippen LogP contribution in [-0.2, 0) is 4.74 Å². The summed E-state index contributed by atoms with van der Waals surface area (Å²) in [5, 5.41) is 24.4. The van der Waals surface area contributed by atoms with Crippen LogP contribution in [0.1, 0.15) is 30.1 Å². The largest absolute Gasteiger partial charge is 0.507 e. The maximum Gasteiger partial charge on any atom is 0.153 e. The Kier molecular flexibility index (Phi) is 5.04. The van der Waals surface area contributed by atoms with Crippen molar-refractivity contribution < 1.29 is 9.84 Å². The Morgan fingerprint density at radius 3 is 2.58 bits per heavy atom. The summed E-state index contributed by atoms with van der Waals surface area (Å²) in [5.41, 5.74) is 5.52. The highest BCUT2D eigenvalue weighted by atomic mass is 16.5. The molecule has 0 spiro atoms. The lowest BCUT2D eigenvalue weighted by atomic mass is 9.91. The molecule has 6 rings (SSSR count). The van der Waals surface area contributed by atoms with E-state index in [0.717, 1.165) is 67.4 Å². The van der Waals surface area contributed by atoms with Crippen LogP contribution in [0.15, 0.2) is 48.7 Å². The lowest BCUT2D eigenvalue weighted by Crippen LogP contribution is -2.52. The first kappa shape index (κ1) is 20.3. The predicted octanol–water partition coefficient (Wildman–Crippen LogP) is 3.45. The van der Waals surface area contributed by atoms with E-state index in [4.69, 9.17) is 9.84 Å². The van der Waals surface area contributed by atoms with Crippen LogP contribution in [0.4, 0.5) is 0 Å². The number of phenols is 1. The molecule has 5 heterocycles. The molecule has 8 nitrogen and oxygen atoms in total. The number of ether oxygens (including phenoxy) is 1. The van der Waals surface area contributed by atoms with Crippen molar-refractivity contribution >= 4 is 5.65 Å². The number of hydrogen-bond acceptors (Lipinski definition) is 7. The minimum atomic E-state index is 0.160. The van der Waals surface area contributed by atoms with Gasteiger partial charge in [0.25, 0.3) is 0 Å². The van der Waals surface area contributed by atoms with Crippen LogP contribution in [0.2, 0.25) is 0 Å². The van der Waals surface area contributed by atoms with E-state index in [1.165, 1.54) is 0 Å². The van der Waals surface area contributed by atoms with Crippen molar-refractivity contribution in [3.05, 3.63) is 60.0 Å². The third-order valence-electron chi connectivity index (χ3n) is 6.74. The second kappa shape index (κ2) is 8.20. The molecule has 33 heavy (non-hydrogen) atoms. The Morgan fingerprint density at radius 2 is 1.79 bits per heavy atom. The number of hydrogen-bond donors (Lipinski definition) is 1. The first-order valence-corrected chi connectivity index (χ1v) is 11.5. The van der Waals surface area contributed by atoms with E-state index in [1.54, 1.807) is 10.6 Å². The molecule has 0 amide bonds. The topological polar surface area (TPSA) is 88.7 Å². The minimum Gasteiger partial charge on any atom is -0.507 e. The fourth-order valence-electron chi connectivity index (χ4n) is 4.91. The van der Waals surface area contributed by atoms with E-state index in [1.807, 2.05) is 49.5 Å². The number of likely N-dealkylation sites (tertiary alicyclic amines) is 1. The van der Waals surface area contributed by atoms with Crippen LogP contribution in [0, 0.1) is 6.92 Å². The summed E-state index contributed by atoms with van der Waals surface area (Å²) in [4.78, 5) is 6.97. The molecule has 2 saturated heterocycles. The number of imidazole rings is 1. The zero-order chi connectivity index (χ0) is 22.4. The van der Waals surface area contributed by atoms with Crippen molar-refractivity contribution in [2.45, 2.75) is 31.7 Å². The van der Waals surface area contributed by atoms with Crippen molar-refractivity contribution in [2.24, 2.45) is 0 Å². The average Bonchev–Trinajstić information content (AvgIpc) is 3.18. The number of aromatic hydroxyl groups is 1. The van der Waals surface area contributed by atoms with Gasteiger partial charge in [0.2, 0.25) is 0 Å². The van der Waals surface area contributed by atoms with Gasteiger partial charge in [0, 0.05) is 43.8 Å². The van der Waals surface area contributed by atoms with E-state index in [9.17, 15) is 5.11 Å². The van der Waals surface area contributed by atoms with E-state index in [0.29, 0.717) is 23.2 Å². The van der Waals surface area contributed by atoms with Crippen LogP contribution in [0.25, 0.3) is 28.2 Å².